The number of alkyl halides is 3. The van der Waals surface area contributed by atoms with E-state index in [1.165, 1.54) is 0 Å². The van der Waals surface area contributed by atoms with Gasteiger partial charge in [0.15, 0.2) is 0 Å². The normalized spacial score (nSPS) is 18.8. The summed E-state index contributed by atoms with van der Waals surface area (Å²) >= 11 is 0. The molecule has 124 valence electrons. The largest absolute Gasteiger partial charge is 0.411 e. The molecule has 1 rings (SSSR count). The zero-order valence-electron chi connectivity index (χ0n) is 12.4. The van der Waals surface area contributed by atoms with E-state index in [1.54, 1.807) is 4.90 Å². The average Bonchev–Trinajstić information content (AvgIpc) is 2.43. The van der Waals surface area contributed by atoms with Gasteiger partial charge in [-0.15, -0.1) is 0 Å². The number of halogens is 3. The van der Waals surface area contributed by atoms with Gasteiger partial charge in [-0.3, -0.25) is 9.69 Å². The van der Waals surface area contributed by atoms with E-state index < -0.39 is 25.3 Å². The molecule has 5 nitrogen and oxygen atoms in total. The summed E-state index contributed by atoms with van der Waals surface area (Å²) in [6, 6.07) is 0.314. The van der Waals surface area contributed by atoms with Gasteiger partial charge in [0, 0.05) is 38.8 Å². The van der Waals surface area contributed by atoms with Crippen LogP contribution in [0.2, 0.25) is 0 Å². The predicted molar refractivity (Wildman–Crippen MR) is 72.8 cm³/mol. The van der Waals surface area contributed by atoms with Crippen LogP contribution in [-0.4, -0.2) is 73.9 Å². The third-order valence-electron chi connectivity index (χ3n) is 3.57. The summed E-state index contributed by atoms with van der Waals surface area (Å²) in [5, 5.41) is 0. The number of hydrogen-bond acceptors (Lipinski definition) is 4. The number of carbonyl (C=O) groups excluding carboxylic acids is 1. The van der Waals surface area contributed by atoms with Crippen molar-refractivity contribution in [3.05, 3.63) is 0 Å². The Morgan fingerprint density at radius 1 is 1.29 bits per heavy atom. The van der Waals surface area contributed by atoms with E-state index in [4.69, 9.17) is 5.73 Å². The number of ether oxygens (including phenoxy) is 1. The standard InChI is InChI=1S/C13H24F3N3O2/c1-2-3-11(8-17)18-4-6-19(7-5-18)12(20)9-21-10-13(14,15)16/h11H,2-10,17H2,1H3. The second kappa shape index (κ2) is 8.55. The molecule has 0 aromatic carbocycles. The first kappa shape index (κ1) is 18.2. The second-order valence-corrected chi connectivity index (χ2v) is 5.20. The summed E-state index contributed by atoms with van der Waals surface area (Å²) in [5.41, 5.74) is 5.74. The maximum absolute atomic E-state index is 11.9. The molecule has 1 saturated heterocycles. The first-order chi connectivity index (χ1) is 9.87. The van der Waals surface area contributed by atoms with E-state index in [9.17, 15) is 18.0 Å². The molecular weight excluding hydrogens is 287 g/mol. The smallest absolute Gasteiger partial charge is 0.362 e. The van der Waals surface area contributed by atoms with Gasteiger partial charge in [0.2, 0.25) is 5.91 Å². The number of piperazine rings is 1. The Kier molecular flexibility index (Phi) is 7.41. The highest BCUT2D eigenvalue weighted by atomic mass is 19.4. The van der Waals surface area contributed by atoms with Crippen LogP contribution in [0.15, 0.2) is 0 Å². The van der Waals surface area contributed by atoms with Crippen molar-refractivity contribution in [2.24, 2.45) is 5.73 Å². The number of amides is 1. The van der Waals surface area contributed by atoms with Gasteiger partial charge in [-0.25, -0.2) is 0 Å². The average molecular weight is 311 g/mol. The monoisotopic (exact) mass is 311 g/mol. The maximum atomic E-state index is 11.9. The van der Waals surface area contributed by atoms with Gasteiger partial charge in [0.05, 0.1) is 0 Å². The van der Waals surface area contributed by atoms with Gasteiger partial charge in [-0.2, -0.15) is 13.2 Å². The van der Waals surface area contributed by atoms with Crippen LogP contribution in [0.25, 0.3) is 0 Å². The number of nitrogens with zero attached hydrogens (tertiary/aromatic N) is 2. The van der Waals surface area contributed by atoms with Crippen LogP contribution in [0.3, 0.4) is 0 Å². The zero-order chi connectivity index (χ0) is 15.9. The summed E-state index contributed by atoms with van der Waals surface area (Å²) in [6.45, 7) is 3.19. The molecule has 2 N–H and O–H groups in total. The fourth-order valence-electron chi connectivity index (χ4n) is 2.46. The van der Waals surface area contributed by atoms with Crippen molar-refractivity contribution >= 4 is 5.91 Å². The highest BCUT2D eigenvalue weighted by Crippen LogP contribution is 2.15. The number of hydrogen-bond donors (Lipinski definition) is 1. The minimum Gasteiger partial charge on any atom is -0.362 e. The molecule has 0 aromatic rings. The number of carbonyl (C=O) groups is 1. The van der Waals surface area contributed by atoms with Gasteiger partial charge in [-0.1, -0.05) is 13.3 Å². The van der Waals surface area contributed by atoms with Crippen LogP contribution in [0, 0.1) is 0 Å². The first-order valence-electron chi connectivity index (χ1n) is 7.23. The first-order valence-corrected chi connectivity index (χ1v) is 7.23. The molecule has 0 aliphatic carbocycles. The third kappa shape index (κ3) is 6.62. The highest BCUT2D eigenvalue weighted by molar-refractivity contribution is 5.77. The lowest BCUT2D eigenvalue weighted by atomic mass is 10.1. The van der Waals surface area contributed by atoms with E-state index in [2.05, 4.69) is 16.6 Å². The molecule has 1 fully saturated rings. The Morgan fingerprint density at radius 3 is 2.38 bits per heavy atom. The topological polar surface area (TPSA) is 58.8 Å². The van der Waals surface area contributed by atoms with Crippen molar-refractivity contribution in [2.75, 3.05) is 45.9 Å². The Balaban J connectivity index is 2.30. The van der Waals surface area contributed by atoms with Gasteiger partial charge < -0.3 is 15.4 Å². The Bertz CT molecular complexity index is 318. The van der Waals surface area contributed by atoms with E-state index in [0.29, 0.717) is 38.8 Å². The molecule has 1 unspecified atom stereocenters. The second-order valence-electron chi connectivity index (χ2n) is 5.20. The molecule has 0 radical (unpaired) electrons. The van der Waals surface area contributed by atoms with Crippen LogP contribution in [-0.2, 0) is 9.53 Å². The molecule has 0 bridgehead atoms. The Labute approximate surface area is 123 Å². The van der Waals surface area contributed by atoms with Gasteiger partial charge in [-0.05, 0) is 6.42 Å². The SMILES string of the molecule is CCCC(CN)N1CCN(C(=O)COCC(F)(F)F)CC1. The van der Waals surface area contributed by atoms with E-state index in [1.807, 2.05) is 0 Å². The lowest BCUT2D eigenvalue weighted by molar-refractivity contribution is -0.178. The molecule has 1 aliphatic rings. The highest BCUT2D eigenvalue weighted by Gasteiger charge is 2.29. The van der Waals surface area contributed by atoms with Gasteiger partial charge in [0.1, 0.15) is 13.2 Å². The van der Waals surface area contributed by atoms with Crippen molar-refractivity contribution < 1.29 is 22.7 Å². The van der Waals surface area contributed by atoms with Crippen LogP contribution >= 0.6 is 0 Å². The summed E-state index contributed by atoms with van der Waals surface area (Å²) in [4.78, 5) is 15.5. The molecule has 0 aromatic heterocycles. The molecule has 21 heavy (non-hydrogen) atoms. The molecule has 1 amide bonds. The van der Waals surface area contributed by atoms with Crippen molar-refractivity contribution in [3.63, 3.8) is 0 Å². The van der Waals surface area contributed by atoms with Crippen molar-refractivity contribution in [3.8, 4) is 0 Å². The maximum Gasteiger partial charge on any atom is 0.411 e. The minimum atomic E-state index is -4.40. The summed E-state index contributed by atoms with van der Waals surface area (Å²) in [5.74, 6) is -0.390. The molecular formula is C13H24F3N3O2. The number of rotatable bonds is 7. The fraction of sp³-hybridized carbons (Fsp3) is 0.923. The Morgan fingerprint density at radius 2 is 1.90 bits per heavy atom. The van der Waals surface area contributed by atoms with Gasteiger partial charge in [0.25, 0.3) is 0 Å². The Hall–Kier alpha value is -0.860. The molecule has 0 saturated carbocycles. The van der Waals surface area contributed by atoms with Crippen molar-refractivity contribution in [2.45, 2.75) is 32.0 Å². The molecule has 1 aliphatic heterocycles. The van der Waals surface area contributed by atoms with Crippen LogP contribution in [0.1, 0.15) is 19.8 Å². The van der Waals surface area contributed by atoms with Crippen molar-refractivity contribution in [1.82, 2.24) is 9.80 Å². The lowest BCUT2D eigenvalue weighted by Gasteiger charge is -2.39. The van der Waals surface area contributed by atoms with Crippen molar-refractivity contribution in [1.29, 1.82) is 0 Å². The molecule has 8 heteroatoms. The van der Waals surface area contributed by atoms with Crippen LogP contribution < -0.4 is 5.73 Å². The summed E-state index contributed by atoms with van der Waals surface area (Å²) in [6.07, 6.45) is -2.33. The predicted octanol–water partition coefficient (Wildman–Crippen LogP) is 0.837. The molecule has 0 spiro atoms. The third-order valence-corrected chi connectivity index (χ3v) is 3.57. The van der Waals surface area contributed by atoms with E-state index >= 15 is 0 Å². The fourth-order valence-corrected chi connectivity index (χ4v) is 2.46. The minimum absolute atomic E-state index is 0.314. The quantitative estimate of drug-likeness (QED) is 0.757. The number of nitrogens with two attached hydrogens (primary N) is 1. The molecule has 1 heterocycles. The van der Waals surface area contributed by atoms with Crippen LogP contribution in [0.4, 0.5) is 13.2 Å². The lowest BCUT2D eigenvalue weighted by Crippen LogP contribution is -2.54. The molecule has 1 atom stereocenters. The zero-order valence-corrected chi connectivity index (χ0v) is 12.4. The van der Waals surface area contributed by atoms with Crippen LogP contribution in [0.5, 0.6) is 0 Å². The summed E-state index contributed by atoms with van der Waals surface area (Å²) in [7, 11) is 0. The van der Waals surface area contributed by atoms with Gasteiger partial charge >= 0.3 is 6.18 Å². The summed E-state index contributed by atoms with van der Waals surface area (Å²) < 4.78 is 40.2. The van der Waals surface area contributed by atoms with E-state index in [-0.39, 0.29) is 0 Å². The van der Waals surface area contributed by atoms with E-state index in [0.717, 1.165) is 12.8 Å².